The second kappa shape index (κ2) is 7.20. The molecule has 118 valence electrons. The molecule has 0 aromatic heterocycles. The van der Waals surface area contributed by atoms with Gasteiger partial charge in [0.1, 0.15) is 4.90 Å². The molecule has 8 heteroatoms. The third-order valence-electron chi connectivity index (χ3n) is 3.22. The second-order valence-corrected chi connectivity index (χ2v) is 7.23. The first-order chi connectivity index (χ1) is 9.67. The standard InChI is InChI=1S/C13H19ClN2O4S/c1-4-9(2)7-10(3)15-21(19,20)13-8-11(16(17)18)5-6-12(13)14/h5-6,8-10,15H,4,7H2,1-3H3. The highest BCUT2D eigenvalue weighted by atomic mass is 35.5. The molecule has 1 aromatic carbocycles. The Kier molecular flexibility index (Phi) is 6.12. The summed E-state index contributed by atoms with van der Waals surface area (Å²) >= 11 is 5.86. The highest BCUT2D eigenvalue weighted by Crippen LogP contribution is 2.26. The third kappa shape index (κ3) is 4.94. The van der Waals surface area contributed by atoms with Gasteiger partial charge >= 0.3 is 0 Å². The maximum atomic E-state index is 12.3. The monoisotopic (exact) mass is 334 g/mol. The first kappa shape index (κ1) is 17.9. The zero-order valence-electron chi connectivity index (χ0n) is 12.2. The molecule has 1 rings (SSSR count). The normalized spacial score (nSPS) is 14.7. The van der Waals surface area contributed by atoms with E-state index in [1.54, 1.807) is 6.92 Å². The average Bonchev–Trinajstić information content (AvgIpc) is 2.37. The number of hydrogen-bond donors (Lipinski definition) is 1. The van der Waals surface area contributed by atoms with E-state index in [2.05, 4.69) is 4.72 Å². The Hall–Kier alpha value is -1.18. The molecule has 0 spiro atoms. The number of nitrogens with zero attached hydrogens (tertiary/aromatic N) is 1. The Morgan fingerprint density at radius 3 is 2.52 bits per heavy atom. The molecule has 1 N–H and O–H groups in total. The van der Waals surface area contributed by atoms with Gasteiger partial charge < -0.3 is 0 Å². The summed E-state index contributed by atoms with van der Waals surface area (Å²) < 4.78 is 27.1. The van der Waals surface area contributed by atoms with Crippen LogP contribution >= 0.6 is 11.6 Å². The van der Waals surface area contributed by atoms with Crippen molar-refractivity contribution >= 4 is 27.3 Å². The van der Waals surface area contributed by atoms with Crippen molar-refractivity contribution in [1.29, 1.82) is 0 Å². The number of non-ortho nitro benzene ring substituents is 1. The number of sulfonamides is 1. The van der Waals surface area contributed by atoms with Crippen LogP contribution in [0.3, 0.4) is 0 Å². The Morgan fingerprint density at radius 2 is 2.00 bits per heavy atom. The largest absolute Gasteiger partial charge is 0.270 e. The summed E-state index contributed by atoms with van der Waals surface area (Å²) in [5, 5.41) is 10.7. The summed E-state index contributed by atoms with van der Waals surface area (Å²) in [4.78, 5) is 9.82. The maximum absolute atomic E-state index is 12.3. The molecular formula is C13H19ClN2O4S. The summed E-state index contributed by atoms with van der Waals surface area (Å²) in [5.74, 6) is 0.378. The number of hydrogen-bond acceptors (Lipinski definition) is 4. The Balaban J connectivity index is 3.02. The Morgan fingerprint density at radius 1 is 1.38 bits per heavy atom. The second-order valence-electron chi connectivity index (χ2n) is 5.14. The minimum atomic E-state index is -3.89. The van der Waals surface area contributed by atoms with Crippen LogP contribution in [0.25, 0.3) is 0 Å². The van der Waals surface area contributed by atoms with E-state index in [1.807, 2.05) is 13.8 Å². The molecule has 0 heterocycles. The fourth-order valence-corrected chi connectivity index (χ4v) is 3.73. The van der Waals surface area contributed by atoms with E-state index in [1.165, 1.54) is 12.1 Å². The molecule has 0 aliphatic carbocycles. The van der Waals surface area contributed by atoms with Gasteiger partial charge in [0.2, 0.25) is 10.0 Å². The van der Waals surface area contributed by atoms with E-state index < -0.39 is 14.9 Å². The summed E-state index contributed by atoms with van der Waals surface area (Å²) in [6.07, 6.45) is 1.63. The van der Waals surface area contributed by atoms with Crippen molar-refractivity contribution in [3.05, 3.63) is 33.3 Å². The van der Waals surface area contributed by atoms with Gasteiger partial charge in [-0.05, 0) is 25.3 Å². The number of nitro benzene ring substituents is 1. The maximum Gasteiger partial charge on any atom is 0.270 e. The molecule has 0 bridgehead atoms. The fourth-order valence-electron chi connectivity index (χ4n) is 1.96. The van der Waals surface area contributed by atoms with Crippen LogP contribution in [0.5, 0.6) is 0 Å². The SMILES string of the molecule is CCC(C)CC(C)NS(=O)(=O)c1cc([N+](=O)[O-])ccc1Cl. The highest BCUT2D eigenvalue weighted by Gasteiger charge is 2.23. The molecule has 0 radical (unpaired) electrons. The molecule has 2 atom stereocenters. The molecule has 0 saturated carbocycles. The van der Waals surface area contributed by atoms with Gasteiger partial charge in [0.15, 0.2) is 0 Å². The van der Waals surface area contributed by atoms with Crippen molar-refractivity contribution < 1.29 is 13.3 Å². The van der Waals surface area contributed by atoms with Gasteiger partial charge in [-0.1, -0.05) is 31.9 Å². The first-order valence-electron chi connectivity index (χ1n) is 6.63. The lowest BCUT2D eigenvalue weighted by Gasteiger charge is -2.18. The van der Waals surface area contributed by atoms with Gasteiger partial charge in [-0.25, -0.2) is 13.1 Å². The van der Waals surface area contributed by atoms with E-state index in [0.29, 0.717) is 12.3 Å². The summed E-state index contributed by atoms with van der Waals surface area (Å²) in [5.41, 5.74) is -0.311. The van der Waals surface area contributed by atoms with E-state index in [4.69, 9.17) is 11.6 Å². The topological polar surface area (TPSA) is 89.3 Å². The number of nitrogens with one attached hydrogen (secondary N) is 1. The van der Waals surface area contributed by atoms with Crippen LogP contribution in [0.1, 0.15) is 33.6 Å². The molecule has 0 saturated heterocycles. The van der Waals surface area contributed by atoms with Crippen LogP contribution in [0, 0.1) is 16.0 Å². The van der Waals surface area contributed by atoms with Crippen molar-refractivity contribution in [1.82, 2.24) is 4.72 Å². The van der Waals surface area contributed by atoms with Crippen molar-refractivity contribution in [2.75, 3.05) is 0 Å². The van der Waals surface area contributed by atoms with E-state index in [0.717, 1.165) is 12.5 Å². The smallest absolute Gasteiger partial charge is 0.258 e. The lowest BCUT2D eigenvalue weighted by Crippen LogP contribution is -2.34. The molecular weight excluding hydrogens is 316 g/mol. The van der Waals surface area contributed by atoms with Crippen molar-refractivity contribution in [2.45, 2.75) is 44.6 Å². The molecule has 0 fully saturated rings. The summed E-state index contributed by atoms with van der Waals surface area (Å²) in [7, 11) is -3.89. The van der Waals surface area contributed by atoms with E-state index in [9.17, 15) is 18.5 Å². The summed E-state index contributed by atoms with van der Waals surface area (Å²) in [6, 6.07) is 3.08. The zero-order chi connectivity index (χ0) is 16.2. The molecule has 0 aliphatic heterocycles. The van der Waals surface area contributed by atoms with Crippen molar-refractivity contribution in [3.63, 3.8) is 0 Å². The minimum absolute atomic E-state index is 0.0381. The number of benzene rings is 1. The lowest BCUT2D eigenvalue weighted by molar-refractivity contribution is -0.385. The number of halogens is 1. The first-order valence-corrected chi connectivity index (χ1v) is 8.49. The van der Waals surface area contributed by atoms with Gasteiger partial charge in [-0.3, -0.25) is 10.1 Å². The molecule has 1 aromatic rings. The fraction of sp³-hybridized carbons (Fsp3) is 0.538. The lowest BCUT2D eigenvalue weighted by atomic mass is 10.0. The molecule has 6 nitrogen and oxygen atoms in total. The van der Waals surface area contributed by atoms with Gasteiger partial charge in [-0.15, -0.1) is 0 Å². The quantitative estimate of drug-likeness (QED) is 0.611. The average molecular weight is 335 g/mol. The molecule has 21 heavy (non-hydrogen) atoms. The zero-order valence-corrected chi connectivity index (χ0v) is 13.7. The Bertz CT molecular complexity index is 619. The van der Waals surface area contributed by atoms with Gasteiger partial charge in [-0.2, -0.15) is 0 Å². The number of nitro groups is 1. The van der Waals surface area contributed by atoms with E-state index >= 15 is 0 Å². The Labute approximate surface area is 129 Å². The summed E-state index contributed by atoms with van der Waals surface area (Å²) in [6.45, 7) is 5.82. The molecule has 2 unspecified atom stereocenters. The van der Waals surface area contributed by atoms with Crippen molar-refractivity contribution in [3.8, 4) is 0 Å². The molecule has 0 amide bonds. The van der Waals surface area contributed by atoms with Crippen LogP contribution < -0.4 is 4.72 Å². The molecule has 0 aliphatic rings. The van der Waals surface area contributed by atoms with Crippen LogP contribution in [-0.2, 0) is 10.0 Å². The van der Waals surface area contributed by atoms with Crippen LogP contribution in [0.15, 0.2) is 23.1 Å². The van der Waals surface area contributed by atoms with Crippen LogP contribution in [0.2, 0.25) is 5.02 Å². The van der Waals surface area contributed by atoms with Crippen LogP contribution in [0.4, 0.5) is 5.69 Å². The van der Waals surface area contributed by atoms with Gasteiger partial charge in [0.05, 0.1) is 9.95 Å². The predicted molar refractivity (Wildman–Crippen MR) is 82.0 cm³/mol. The van der Waals surface area contributed by atoms with Gasteiger partial charge in [0.25, 0.3) is 5.69 Å². The third-order valence-corrected chi connectivity index (χ3v) is 5.30. The van der Waals surface area contributed by atoms with Crippen LogP contribution in [-0.4, -0.2) is 19.4 Å². The number of rotatable bonds is 7. The van der Waals surface area contributed by atoms with Gasteiger partial charge in [0, 0.05) is 18.2 Å². The predicted octanol–water partition coefficient (Wildman–Crippen LogP) is 3.35. The van der Waals surface area contributed by atoms with E-state index in [-0.39, 0.29) is 21.6 Å². The van der Waals surface area contributed by atoms with Crippen molar-refractivity contribution in [2.24, 2.45) is 5.92 Å². The highest BCUT2D eigenvalue weighted by molar-refractivity contribution is 7.89. The minimum Gasteiger partial charge on any atom is -0.258 e.